The minimum absolute atomic E-state index is 0.0577. The van der Waals surface area contributed by atoms with Gasteiger partial charge in [-0.1, -0.05) is 12.1 Å². The number of ether oxygens (including phenoxy) is 4. The molecule has 0 atom stereocenters. The maximum atomic E-state index is 12.4. The lowest BCUT2D eigenvalue weighted by Crippen LogP contribution is -2.24. The predicted octanol–water partition coefficient (Wildman–Crippen LogP) is 3.28. The quantitative estimate of drug-likeness (QED) is 0.421. The van der Waals surface area contributed by atoms with Crippen LogP contribution in [0.5, 0.6) is 5.75 Å². The van der Waals surface area contributed by atoms with Crippen LogP contribution in [0, 0.1) is 13.8 Å². The van der Waals surface area contributed by atoms with Gasteiger partial charge >= 0.3 is 17.9 Å². The molecule has 10 heteroatoms. The highest BCUT2D eigenvalue weighted by Gasteiger charge is 2.27. The molecule has 0 saturated carbocycles. The molecule has 0 bridgehead atoms. The summed E-state index contributed by atoms with van der Waals surface area (Å²) in [5.74, 6) is -2.21. The smallest absolute Gasteiger partial charge is 0.348 e. The van der Waals surface area contributed by atoms with Crippen molar-refractivity contribution in [3.63, 3.8) is 0 Å². The van der Waals surface area contributed by atoms with Gasteiger partial charge in [0.1, 0.15) is 15.6 Å². The van der Waals surface area contributed by atoms with E-state index in [4.69, 9.17) is 18.9 Å². The van der Waals surface area contributed by atoms with Crippen molar-refractivity contribution >= 4 is 40.2 Å². The number of esters is 3. The topological polar surface area (TPSA) is 117 Å². The third-order valence-corrected chi connectivity index (χ3v) is 5.24. The number of rotatable bonds is 10. The Bertz CT molecular complexity index is 998. The van der Waals surface area contributed by atoms with Gasteiger partial charge in [-0.15, -0.1) is 11.3 Å². The summed E-state index contributed by atoms with van der Waals surface area (Å²) in [6, 6.07) is 7.14. The summed E-state index contributed by atoms with van der Waals surface area (Å²) in [6.45, 7) is 6.07. The fourth-order valence-corrected chi connectivity index (χ4v) is 3.74. The summed E-state index contributed by atoms with van der Waals surface area (Å²) in [7, 11) is 0. The first kappa shape index (κ1) is 24.9. The molecule has 1 aromatic heterocycles. The zero-order valence-corrected chi connectivity index (χ0v) is 19.1. The van der Waals surface area contributed by atoms with Crippen molar-refractivity contribution in [3.05, 3.63) is 45.8 Å². The largest absolute Gasteiger partial charge is 0.482 e. The maximum absolute atomic E-state index is 12.4. The molecule has 0 radical (unpaired) electrons. The Hall–Kier alpha value is -3.40. The number of benzene rings is 1. The van der Waals surface area contributed by atoms with Crippen LogP contribution >= 0.6 is 11.3 Å². The van der Waals surface area contributed by atoms with E-state index in [9.17, 15) is 19.2 Å². The van der Waals surface area contributed by atoms with E-state index in [1.54, 1.807) is 39.0 Å². The number of anilines is 1. The molecule has 0 aliphatic carbocycles. The first-order valence-corrected chi connectivity index (χ1v) is 10.7. The van der Waals surface area contributed by atoms with Gasteiger partial charge < -0.3 is 24.3 Å². The van der Waals surface area contributed by atoms with E-state index in [2.05, 4.69) is 5.32 Å². The van der Waals surface area contributed by atoms with Gasteiger partial charge in [0.15, 0.2) is 13.2 Å². The number of amides is 1. The van der Waals surface area contributed by atoms with Crippen LogP contribution in [0.2, 0.25) is 0 Å². The second-order valence-electron chi connectivity index (χ2n) is 6.52. The summed E-state index contributed by atoms with van der Waals surface area (Å²) in [4.78, 5) is 48.9. The van der Waals surface area contributed by atoms with Gasteiger partial charge in [0.2, 0.25) is 0 Å². The van der Waals surface area contributed by atoms with Gasteiger partial charge in [0.05, 0.1) is 18.8 Å². The lowest BCUT2D eigenvalue weighted by atomic mass is 10.1. The molecule has 1 heterocycles. The molecule has 1 aromatic carbocycles. The third-order valence-electron chi connectivity index (χ3n) is 4.05. The van der Waals surface area contributed by atoms with Gasteiger partial charge in [0, 0.05) is 0 Å². The minimum Gasteiger partial charge on any atom is -0.482 e. The molecule has 0 unspecified atom stereocenters. The molecule has 2 aromatic rings. The van der Waals surface area contributed by atoms with Gasteiger partial charge in [-0.2, -0.15) is 0 Å². The van der Waals surface area contributed by atoms with Crippen LogP contribution in [0.15, 0.2) is 24.3 Å². The fourth-order valence-electron chi connectivity index (χ4n) is 2.64. The van der Waals surface area contributed by atoms with Crippen molar-refractivity contribution in [3.8, 4) is 5.75 Å². The van der Waals surface area contributed by atoms with Crippen LogP contribution in [-0.4, -0.2) is 50.2 Å². The molecule has 1 amide bonds. The van der Waals surface area contributed by atoms with Crippen LogP contribution in [-0.2, 0) is 23.8 Å². The van der Waals surface area contributed by atoms with Crippen LogP contribution < -0.4 is 10.1 Å². The standard InChI is InChI=1S/C22H25NO8S/c1-5-28-21(26)18-14(4)19(22(27)29-6-2)32-20(18)23-16(24)11-31-17(25)12-30-15-9-7-8-13(3)10-15/h7-10H,5-6,11-12H2,1-4H3,(H,23,24). The Labute approximate surface area is 189 Å². The molecule has 172 valence electrons. The lowest BCUT2D eigenvalue weighted by molar-refractivity contribution is -0.149. The van der Waals surface area contributed by atoms with E-state index in [0.29, 0.717) is 11.3 Å². The van der Waals surface area contributed by atoms with Gasteiger partial charge in [-0.3, -0.25) is 4.79 Å². The molecule has 32 heavy (non-hydrogen) atoms. The Kier molecular flexibility index (Phi) is 9.21. The number of aryl methyl sites for hydroxylation is 1. The number of hydrogen-bond donors (Lipinski definition) is 1. The Morgan fingerprint density at radius 3 is 2.28 bits per heavy atom. The van der Waals surface area contributed by atoms with E-state index in [1.807, 2.05) is 13.0 Å². The summed E-state index contributed by atoms with van der Waals surface area (Å²) < 4.78 is 20.3. The van der Waals surface area contributed by atoms with Gasteiger partial charge in [-0.25, -0.2) is 14.4 Å². The monoisotopic (exact) mass is 463 g/mol. The second-order valence-corrected chi connectivity index (χ2v) is 7.54. The van der Waals surface area contributed by atoms with E-state index in [-0.39, 0.29) is 35.3 Å². The number of nitrogens with one attached hydrogen (secondary N) is 1. The van der Waals surface area contributed by atoms with Crippen molar-refractivity contribution < 1.29 is 38.1 Å². The van der Waals surface area contributed by atoms with Crippen molar-refractivity contribution in [2.75, 3.05) is 31.7 Å². The molecule has 0 aliphatic heterocycles. The number of hydrogen-bond acceptors (Lipinski definition) is 9. The number of thiophene rings is 1. The van der Waals surface area contributed by atoms with Crippen LogP contribution in [0.1, 0.15) is 45.0 Å². The van der Waals surface area contributed by atoms with Gasteiger partial charge in [-0.05, 0) is 51.0 Å². The Balaban J connectivity index is 2.01. The Morgan fingerprint density at radius 2 is 1.62 bits per heavy atom. The SMILES string of the molecule is CCOC(=O)c1sc(NC(=O)COC(=O)COc2cccc(C)c2)c(C(=O)OCC)c1C. The van der Waals surface area contributed by atoms with Gasteiger partial charge in [0.25, 0.3) is 5.91 Å². The molecule has 0 fully saturated rings. The molecule has 2 rings (SSSR count). The molecule has 0 spiro atoms. The molecule has 0 saturated heterocycles. The van der Waals surface area contributed by atoms with Crippen molar-refractivity contribution in [1.82, 2.24) is 0 Å². The molecule has 1 N–H and O–H groups in total. The van der Waals surface area contributed by atoms with E-state index >= 15 is 0 Å². The highest BCUT2D eigenvalue weighted by atomic mass is 32.1. The fraction of sp³-hybridized carbons (Fsp3) is 0.364. The first-order chi connectivity index (χ1) is 15.3. The third kappa shape index (κ3) is 6.81. The molecule has 9 nitrogen and oxygen atoms in total. The summed E-state index contributed by atoms with van der Waals surface area (Å²) in [5, 5.41) is 2.61. The highest BCUT2D eigenvalue weighted by molar-refractivity contribution is 7.18. The van der Waals surface area contributed by atoms with Crippen molar-refractivity contribution in [1.29, 1.82) is 0 Å². The highest BCUT2D eigenvalue weighted by Crippen LogP contribution is 2.34. The molecule has 0 aliphatic rings. The average Bonchev–Trinajstić information content (AvgIpc) is 3.07. The first-order valence-electron chi connectivity index (χ1n) is 9.89. The van der Waals surface area contributed by atoms with E-state index in [1.165, 1.54) is 0 Å². The predicted molar refractivity (Wildman–Crippen MR) is 117 cm³/mol. The second kappa shape index (κ2) is 11.8. The summed E-state index contributed by atoms with van der Waals surface area (Å²) >= 11 is 0.887. The lowest BCUT2D eigenvalue weighted by Gasteiger charge is -2.09. The summed E-state index contributed by atoms with van der Waals surface area (Å²) in [6.07, 6.45) is 0. The Morgan fingerprint density at radius 1 is 0.938 bits per heavy atom. The maximum Gasteiger partial charge on any atom is 0.348 e. The molecular weight excluding hydrogens is 438 g/mol. The minimum atomic E-state index is -0.734. The van der Waals surface area contributed by atoms with Crippen LogP contribution in [0.25, 0.3) is 0 Å². The number of carbonyl (C=O) groups excluding carboxylic acids is 4. The number of carbonyl (C=O) groups is 4. The molecular formula is C22H25NO8S. The van der Waals surface area contributed by atoms with Crippen LogP contribution in [0.3, 0.4) is 0 Å². The van der Waals surface area contributed by atoms with Crippen LogP contribution in [0.4, 0.5) is 5.00 Å². The summed E-state index contributed by atoms with van der Waals surface area (Å²) in [5.41, 5.74) is 1.37. The van der Waals surface area contributed by atoms with E-state index < -0.39 is 30.4 Å². The van der Waals surface area contributed by atoms with Crippen molar-refractivity contribution in [2.24, 2.45) is 0 Å². The van der Waals surface area contributed by atoms with E-state index in [0.717, 1.165) is 16.9 Å². The zero-order chi connectivity index (χ0) is 23.7. The normalized spacial score (nSPS) is 10.2. The van der Waals surface area contributed by atoms with Crippen molar-refractivity contribution in [2.45, 2.75) is 27.7 Å². The average molecular weight is 464 g/mol. The zero-order valence-electron chi connectivity index (χ0n) is 18.3.